The number of carbonyl (C=O) groups is 2. The number of ketones is 2. The Balaban J connectivity index is 3.60. The van der Waals surface area contributed by atoms with Gasteiger partial charge in [-0.15, -0.1) is 11.3 Å². The molecule has 5 heteroatoms. The van der Waals surface area contributed by atoms with Crippen LogP contribution in [0.1, 0.15) is 26.2 Å². The van der Waals surface area contributed by atoms with Gasteiger partial charge >= 0.3 is 0 Å². The van der Waals surface area contributed by atoms with Crippen LogP contribution in [-0.2, 0) is 9.59 Å². The van der Waals surface area contributed by atoms with E-state index in [1.165, 1.54) is 18.4 Å². The van der Waals surface area contributed by atoms with Crippen LogP contribution in [-0.4, -0.2) is 11.6 Å². The van der Waals surface area contributed by atoms with E-state index in [1.54, 1.807) is 31.2 Å². The number of nitrogens with zero attached hydrogens (tertiary/aromatic N) is 1. The Morgan fingerprint density at radius 1 is 1.43 bits per heavy atom. The highest BCUT2D eigenvalue weighted by Gasteiger charge is 2.44. The Morgan fingerprint density at radius 3 is 2.61 bits per heavy atom. The van der Waals surface area contributed by atoms with Crippen molar-refractivity contribution < 1.29 is 9.59 Å². The van der Waals surface area contributed by atoms with Crippen LogP contribution >= 0.6 is 0 Å². The molecule has 2 atom stereocenters. The Bertz CT molecular complexity index is 635. The third kappa shape index (κ3) is 4.13. The van der Waals surface area contributed by atoms with Crippen molar-refractivity contribution in [1.29, 1.82) is 0 Å². The summed E-state index contributed by atoms with van der Waals surface area (Å²) in [6.07, 6.45) is 16.8. The molecule has 0 aromatic rings. The lowest BCUT2D eigenvalue weighted by molar-refractivity contribution is -0.131. The average Bonchev–Trinajstić information content (AvgIpc) is 2.57. The maximum Gasteiger partial charge on any atom is 0.159 e. The second-order valence-electron chi connectivity index (χ2n) is 5.11. The Kier molecular flexibility index (Phi) is 6.88. The highest BCUT2D eigenvalue weighted by atomic mass is 16.3. The number of carbonyl (C=O) groups excluding carboxylic acids is 2. The second kappa shape index (κ2) is 8.64. The summed E-state index contributed by atoms with van der Waals surface area (Å²) in [5, 5.41) is 2.91. The highest BCUT2D eigenvalue weighted by molar-refractivity contribution is 5.99. The summed E-state index contributed by atoms with van der Waals surface area (Å²) in [5.74, 6) is 0.899. The molecular formula is C18H20N2O3. The van der Waals surface area contributed by atoms with Crippen molar-refractivity contribution in [2.24, 2.45) is 22.2 Å². The van der Waals surface area contributed by atoms with E-state index in [9.17, 15) is 14.5 Å². The molecule has 0 fully saturated rings. The summed E-state index contributed by atoms with van der Waals surface area (Å²) < 4.78 is 0. The van der Waals surface area contributed by atoms with Gasteiger partial charge in [-0.05, 0) is 23.9 Å². The molecule has 1 aliphatic carbocycles. The molecule has 2 N–H and O–H groups in total. The molecule has 0 heterocycles. The summed E-state index contributed by atoms with van der Waals surface area (Å²) >= 11 is 0. The van der Waals surface area contributed by atoms with E-state index in [1.807, 2.05) is 0 Å². The van der Waals surface area contributed by atoms with Gasteiger partial charge in [-0.25, -0.2) is 0 Å². The molecule has 0 aliphatic heterocycles. The van der Waals surface area contributed by atoms with Gasteiger partial charge < -0.3 is 5.73 Å². The second-order valence-corrected chi connectivity index (χ2v) is 5.11. The summed E-state index contributed by atoms with van der Waals surface area (Å²) in [6, 6.07) is 0. The fraction of sp³-hybridized carbons (Fsp3) is 0.333. The number of hydrogen-bond donors (Lipinski definition) is 1. The van der Waals surface area contributed by atoms with Gasteiger partial charge in [-0.2, -0.15) is 0 Å². The molecule has 0 saturated carbocycles. The van der Waals surface area contributed by atoms with Crippen molar-refractivity contribution in [2.45, 2.75) is 26.2 Å². The van der Waals surface area contributed by atoms with E-state index in [-0.39, 0.29) is 30.1 Å². The van der Waals surface area contributed by atoms with Crippen LogP contribution in [0, 0.1) is 28.6 Å². The molecule has 0 aromatic carbocycles. The Labute approximate surface area is 136 Å². The zero-order chi connectivity index (χ0) is 17.3. The largest absolute Gasteiger partial charge is 0.405 e. The third-order valence-corrected chi connectivity index (χ3v) is 3.72. The summed E-state index contributed by atoms with van der Waals surface area (Å²) in [5.41, 5.74) is 4.02. The van der Waals surface area contributed by atoms with Crippen LogP contribution in [0.25, 0.3) is 0 Å². The van der Waals surface area contributed by atoms with Gasteiger partial charge in [0.15, 0.2) is 5.78 Å². The van der Waals surface area contributed by atoms with Gasteiger partial charge in [0.25, 0.3) is 0 Å². The van der Waals surface area contributed by atoms with E-state index in [4.69, 9.17) is 12.2 Å². The first kappa shape index (κ1) is 18.3. The van der Waals surface area contributed by atoms with E-state index in [0.29, 0.717) is 6.42 Å². The first-order valence-electron chi connectivity index (χ1n) is 7.34. The molecular weight excluding hydrogens is 292 g/mol. The van der Waals surface area contributed by atoms with Gasteiger partial charge in [0.05, 0.1) is 11.6 Å². The lowest BCUT2D eigenvalue weighted by atomic mass is 9.68. The molecule has 0 saturated heterocycles. The summed E-state index contributed by atoms with van der Waals surface area (Å²) in [4.78, 5) is 36.2. The number of Topliss-reactive ketones (excluding diaryl/α,β-unsaturated/α-hetero) is 2. The fourth-order valence-corrected chi connectivity index (χ4v) is 2.45. The smallest absolute Gasteiger partial charge is 0.159 e. The summed E-state index contributed by atoms with van der Waals surface area (Å²) in [7, 11) is 0. The fourth-order valence-electron chi connectivity index (χ4n) is 2.45. The number of hydrogen-bond acceptors (Lipinski definition) is 5. The van der Waals surface area contributed by atoms with Gasteiger partial charge in [0.1, 0.15) is 11.2 Å². The maximum absolute atomic E-state index is 12.8. The standard InChI is InChI=1S/C18H20N2O3/c1-3-14(20-23)13-18(4-2)15(11-12-19)16(21)9-7-5-6-8-10-17(18)22/h2,5-8,11-13,15H,3,9-10,19H2,1H3/b7-5-,8-6-,12-11+,14-13+. The molecule has 1 aliphatic rings. The predicted octanol–water partition coefficient (Wildman–Crippen LogP) is 2.80. The van der Waals surface area contributed by atoms with Crippen molar-refractivity contribution >= 4 is 11.6 Å². The van der Waals surface area contributed by atoms with Crippen LogP contribution < -0.4 is 5.73 Å². The molecule has 0 spiro atoms. The van der Waals surface area contributed by atoms with Crippen LogP contribution in [0.2, 0.25) is 0 Å². The quantitative estimate of drug-likeness (QED) is 0.638. The van der Waals surface area contributed by atoms with Crippen molar-refractivity contribution in [3.8, 4) is 12.3 Å². The van der Waals surface area contributed by atoms with Gasteiger partial charge in [0.2, 0.25) is 0 Å². The zero-order valence-electron chi connectivity index (χ0n) is 13.1. The molecule has 23 heavy (non-hydrogen) atoms. The number of nitroso groups, excluding NO2 is 1. The normalized spacial score (nSPS) is 29.0. The first-order chi connectivity index (χ1) is 11.1. The Morgan fingerprint density at radius 2 is 2.09 bits per heavy atom. The topological polar surface area (TPSA) is 89.6 Å². The van der Waals surface area contributed by atoms with Crippen LogP contribution in [0.4, 0.5) is 0 Å². The van der Waals surface area contributed by atoms with Gasteiger partial charge in [-0.1, -0.05) is 43.2 Å². The molecule has 0 aromatic heterocycles. The molecule has 0 radical (unpaired) electrons. The van der Waals surface area contributed by atoms with Gasteiger partial charge in [0, 0.05) is 12.8 Å². The minimum absolute atomic E-state index is 0.0447. The molecule has 120 valence electrons. The minimum atomic E-state index is -1.57. The van der Waals surface area contributed by atoms with Crippen molar-refractivity contribution in [3.63, 3.8) is 0 Å². The van der Waals surface area contributed by atoms with Crippen molar-refractivity contribution in [3.05, 3.63) is 53.3 Å². The molecule has 0 bridgehead atoms. The first-order valence-corrected chi connectivity index (χ1v) is 7.34. The molecule has 5 nitrogen and oxygen atoms in total. The molecule has 1 rings (SSSR count). The van der Waals surface area contributed by atoms with Crippen LogP contribution in [0.5, 0.6) is 0 Å². The zero-order valence-corrected chi connectivity index (χ0v) is 13.1. The van der Waals surface area contributed by atoms with E-state index >= 15 is 0 Å². The van der Waals surface area contributed by atoms with Gasteiger partial charge in [-0.3, -0.25) is 9.59 Å². The van der Waals surface area contributed by atoms with Crippen LogP contribution in [0.3, 0.4) is 0 Å². The Hall–Kier alpha value is -2.74. The van der Waals surface area contributed by atoms with E-state index < -0.39 is 11.3 Å². The average molecular weight is 312 g/mol. The number of nitrogens with two attached hydrogens (primary N) is 1. The van der Waals surface area contributed by atoms with Crippen molar-refractivity contribution in [1.82, 2.24) is 0 Å². The predicted molar refractivity (Wildman–Crippen MR) is 89.8 cm³/mol. The van der Waals surface area contributed by atoms with E-state index in [2.05, 4.69) is 11.1 Å². The minimum Gasteiger partial charge on any atom is -0.405 e. The third-order valence-electron chi connectivity index (χ3n) is 3.72. The number of allylic oxidation sites excluding steroid dienone is 7. The monoisotopic (exact) mass is 312 g/mol. The van der Waals surface area contributed by atoms with Crippen molar-refractivity contribution in [2.75, 3.05) is 0 Å². The SMILES string of the molecule is C#CC1(/C=C(\CC)N=O)C(=O)C/C=C\C=C/CC(=O)C1/C=C/N. The molecule has 2 unspecified atom stereocenters. The lowest BCUT2D eigenvalue weighted by Gasteiger charge is -2.30. The maximum atomic E-state index is 12.8. The van der Waals surface area contributed by atoms with Crippen LogP contribution in [0.15, 0.2) is 53.5 Å². The summed E-state index contributed by atoms with van der Waals surface area (Å²) in [6.45, 7) is 1.72. The molecule has 0 amide bonds. The van der Waals surface area contributed by atoms with E-state index in [0.717, 1.165) is 0 Å². The number of terminal acetylenes is 1. The number of rotatable bonds is 4. The lowest BCUT2D eigenvalue weighted by Crippen LogP contribution is -2.39. The highest BCUT2D eigenvalue weighted by Crippen LogP contribution is 2.36.